The predicted octanol–water partition coefficient (Wildman–Crippen LogP) is 4.65. The van der Waals surface area contributed by atoms with Gasteiger partial charge in [0.25, 0.3) is 17.7 Å². The number of imide groups is 1. The van der Waals surface area contributed by atoms with E-state index in [4.69, 9.17) is 0 Å². The molecule has 28 heavy (non-hydrogen) atoms. The fourth-order valence-electron chi connectivity index (χ4n) is 3.18. The van der Waals surface area contributed by atoms with E-state index in [9.17, 15) is 14.4 Å². The number of rotatable bonds is 3. The van der Waals surface area contributed by atoms with Gasteiger partial charge in [0.2, 0.25) is 0 Å². The number of aryl methyl sites for hydroxylation is 1. The summed E-state index contributed by atoms with van der Waals surface area (Å²) in [6.07, 6.45) is 0. The first-order valence-electron chi connectivity index (χ1n) is 8.61. The van der Waals surface area contributed by atoms with E-state index in [-0.39, 0.29) is 17.4 Å². The SMILES string of the molecule is Cc1ccccc1N1C(=O)c2ccc(C(=O)Nc3cccc(I)c3)cc2C1=O. The summed E-state index contributed by atoms with van der Waals surface area (Å²) in [5, 5.41) is 2.81. The van der Waals surface area contributed by atoms with Crippen molar-refractivity contribution < 1.29 is 14.4 Å². The van der Waals surface area contributed by atoms with Gasteiger partial charge in [-0.1, -0.05) is 24.3 Å². The molecule has 0 bridgehead atoms. The lowest BCUT2D eigenvalue weighted by Gasteiger charge is -2.16. The second-order valence-electron chi connectivity index (χ2n) is 6.46. The first-order chi connectivity index (χ1) is 13.5. The third-order valence-electron chi connectivity index (χ3n) is 4.59. The van der Waals surface area contributed by atoms with Gasteiger partial charge in [-0.25, -0.2) is 4.90 Å². The van der Waals surface area contributed by atoms with Crippen LogP contribution in [0, 0.1) is 10.5 Å². The van der Waals surface area contributed by atoms with Crippen LogP contribution in [0.2, 0.25) is 0 Å². The Morgan fingerprint density at radius 3 is 2.39 bits per heavy atom. The highest BCUT2D eigenvalue weighted by Crippen LogP contribution is 2.31. The van der Waals surface area contributed by atoms with Crippen LogP contribution in [0.4, 0.5) is 11.4 Å². The normalized spacial score (nSPS) is 12.9. The highest BCUT2D eigenvalue weighted by Gasteiger charge is 2.37. The summed E-state index contributed by atoms with van der Waals surface area (Å²) in [5.41, 5.74) is 2.92. The smallest absolute Gasteiger partial charge is 0.266 e. The fraction of sp³-hybridized carbons (Fsp3) is 0.0455. The largest absolute Gasteiger partial charge is 0.322 e. The molecule has 138 valence electrons. The molecular formula is C22H15IN2O3. The van der Waals surface area contributed by atoms with E-state index in [1.165, 1.54) is 17.0 Å². The number of anilines is 2. The second-order valence-corrected chi connectivity index (χ2v) is 7.70. The molecule has 3 aromatic rings. The van der Waals surface area contributed by atoms with Crippen LogP contribution in [0.1, 0.15) is 36.6 Å². The molecule has 3 amide bonds. The van der Waals surface area contributed by atoms with Crippen molar-refractivity contribution in [2.24, 2.45) is 0 Å². The number of nitrogens with one attached hydrogen (secondary N) is 1. The molecule has 0 aromatic heterocycles. The van der Waals surface area contributed by atoms with Crippen LogP contribution in [0.3, 0.4) is 0 Å². The molecule has 1 heterocycles. The molecule has 0 saturated heterocycles. The number of nitrogens with zero attached hydrogens (tertiary/aromatic N) is 1. The zero-order chi connectivity index (χ0) is 19.8. The number of hydrogen-bond acceptors (Lipinski definition) is 3. The van der Waals surface area contributed by atoms with Gasteiger partial charge < -0.3 is 5.32 Å². The van der Waals surface area contributed by atoms with Crippen molar-refractivity contribution in [2.75, 3.05) is 10.2 Å². The summed E-state index contributed by atoms with van der Waals surface area (Å²) < 4.78 is 0.999. The van der Waals surface area contributed by atoms with E-state index >= 15 is 0 Å². The third-order valence-corrected chi connectivity index (χ3v) is 5.26. The first kappa shape index (κ1) is 18.4. The average molecular weight is 482 g/mol. The highest BCUT2D eigenvalue weighted by molar-refractivity contribution is 14.1. The maximum Gasteiger partial charge on any atom is 0.266 e. The van der Waals surface area contributed by atoms with E-state index in [0.717, 1.165) is 9.13 Å². The quantitative estimate of drug-likeness (QED) is 0.437. The lowest BCUT2D eigenvalue weighted by molar-refractivity contribution is 0.0925. The number of carbonyl (C=O) groups is 3. The summed E-state index contributed by atoms with van der Waals surface area (Å²) >= 11 is 2.17. The molecule has 0 radical (unpaired) electrons. The number of amides is 3. The minimum absolute atomic E-state index is 0.239. The van der Waals surface area contributed by atoms with Crippen molar-refractivity contribution >= 4 is 51.7 Å². The number of para-hydroxylation sites is 1. The van der Waals surface area contributed by atoms with E-state index in [2.05, 4.69) is 27.9 Å². The molecule has 6 heteroatoms. The number of carbonyl (C=O) groups excluding carboxylic acids is 3. The minimum atomic E-state index is -0.418. The lowest BCUT2D eigenvalue weighted by Crippen LogP contribution is -2.29. The number of fused-ring (bicyclic) bond motifs is 1. The number of halogens is 1. The van der Waals surface area contributed by atoms with Crippen LogP contribution < -0.4 is 10.2 Å². The van der Waals surface area contributed by atoms with Gasteiger partial charge in [-0.3, -0.25) is 14.4 Å². The maximum atomic E-state index is 12.9. The topological polar surface area (TPSA) is 66.5 Å². The van der Waals surface area contributed by atoms with E-state index < -0.39 is 5.91 Å². The highest BCUT2D eigenvalue weighted by atomic mass is 127. The molecule has 0 saturated carbocycles. The Hall–Kier alpha value is -3.00. The summed E-state index contributed by atoms with van der Waals surface area (Å²) in [7, 11) is 0. The van der Waals surface area contributed by atoms with Gasteiger partial charge in [0.1, 0.15) is 0 Å². The van der Waals surface area contributed by atoms with Gasteiger partial charge >= 0.3 is 0 Å². The molecule has 1 aliphatic heterocycles. The van der Waals surface area contributed by atoms with Crippen molar-refractivity contribution in [3.05, 3.63) is 92.6 Å². The number of hydrogen-bond donors (Lipinski definition) is 1. The number of benzene rings is 3. The molecule has 0 spiro atoms. The van der Waals surface area contributed by atoms with Crippen molar-refractivity contribution in [3.63, 3.8) is 0 Å². The summed E-state index contributed by atoms with van der Waals surface area (Å²) in [4.78, 5) is 39.4. The minimum Gasteiger partial charge on any atom is -0.322 e. The van der Waals surface area contributed by atoms with Crippen molar-refractivity contribution in [1.29, 1.82) is 0 Å². The Morgan fingerprint density at radius 1 is 0.893 bits per heavy atom. The van der Waals surface area contributed by atoms with Crippen LogP contribution in [-0.4, -0.2) is 17.7 Å². The lowest BCUT2D eigenvalue weighted by atomic mass is 10.1. The monoisotopic (exact) mass is 482 g/mol. The third kappa shape index (κ3) is 3.20. The molecule has 0 atom stereocenters. The molecule has 0 aliphatic carbocycles. The second kappa shape index (κ2) is 7.20. The Bertz CT molecular complexity index is 1140. The van der Waals surface area contributed by atoms with Crippen molar-refractivity contribution in [2.45, 2.75) is 6.92 Å². The molecule has 0 unspecified atom stereocenters. The molecule has 0 fully saturated rings. The van der Waals surface area contributed by atoms with Gasteiger partial charge in [0, 0.05) is 14.8 Å². The van der Waals surface area contributed by atoms with Gasteiger partial charge in [-0.2, -0.15) is 0 Å². The van der Waals surface area contributed by atoms with Crippen LogP contribution >= 0.6 is 22.6 Å². The van der Waals surface area contributed by atoms with Crippen LogP contribution in [-0.2, 0) is 0 Å². The van der Waals surface area contributed by atoms with Crippen molar-refractivity contribution in [3.8, 4) is 0 Å². The van der Waals surface area contributed by atoms with Crippen LogP contribution in [0.5, 0.6) is 0 Å². The fourth-order valence-corrected chi connectivity index (χ4v) is 3.73. The van der Waals surface area contributed by atoms with Crippen LogP contribution in [0.15, 0.2) is 66.7 Å². The molecule has 3 aromatic carbocycles. The maximum absolute atomic E-state index is 12.9. The Balaban J connectivity index is 1.65. The molecular weight excluding hydrogens is 467 g/mol. The molecule has 5 nitrogen and oxygen atoms in total. The first-order valence-corrected chi connectivity index (χ1v) is 9.69. The zero-order valence-corrected chi connectivity index (χ0v) is 17.1. The van der Waals surface area contributed by atoms with Gasteiger partial charge in [0.15, 0.2) is 0 Å². The Labute approximate surface area is 175 Å². The van der Waals surface area contributed by atoms with E-state index in [0.29, 0.717) is 22.5 Å². The summed E-state index contributed by atoms with van der Waals surface area (Å²) in [5.74, 6) is -1.13. The van der Waals surface area contributed by atoms with Crippen molar-refractivity contribution in [1.82, 2.24) is 0 Å². The van der Waals surface area contributed by atoms with Gasteiger partial charge in [-0.05, 0) is 77.5 Å². The summed E-state index contributed by atoms with van der Waals surface area (Å²) in [6.45, 7) is 1.85. The van der Waals surface area contributed by atoms with Crippen LogP contribution in [0.25, 0.3) is 0 Å². The zero-order valence-electron chi connectivity index (χ0n) is 14.9. The van der Waals surface area contributed by atoms with Gasteiger partial charge in [-0.15, -0.1) is 0 Å². The predicted molar refractivity (Wildman–Crippen MR) is 116 cm³/mol. The Morgan fingerprint density at radius 2 is 1.64 bits per heavy atom. The average Bonchev–Trinajstić information content (AvgIpc) is 2.92. The standard InChI is InChI=1S/C22H15IN2O3/c1-13-5-2-3-8-19(13)25-21(27)17-10-9-14(11-18(17)22(25)28)20(26)24-16-7-4-6-15(23)12-16/h2-12H,1H3,(H,24,26). The van der Waals surface area contributed by atoms with Gasteiger partial charge in [0.05, 0.1) is 16.8 Å². The molecule has 4 rings (SSSR count). The molecule has 1 N–H and O–H groups in total. The van der Waals surface area contributed by atoms with E-state index in [1.54, 1.807) is 24.3 Å². The summed E-state index contributed by atoms with van der Waals surface area (Å²) in [6, 6.07) is 19.2. The molecule has 1 aliphatic rings. The Kier molecular flexibility index (Phi) is 4.72. The van der Waals surface area contributed by atoms with E-state index in [1.807, 2.05) is 37.3 Å².